The van der Waals surface area contributed by atoms with Crippen molar-refractivity contribution in [3.05, 3.63) is 46.4 Å². The molecule has 186 valence electrons. The molecule has 2 aliphatic heterocycles. The molecule has 1 aromatic carbocycles. The molecule has 2 heterocycles. The number of allylic oxidation sites excluding steroid dienone is 1. The predicted molar refractivity (Wildman–Crippen MR) is 130 cm³/mol. The number of thioether (sulfide) groups is 1. The Kier molecular flexibility index (Phi) is 8.43. The van der Waals surface area contributed by atoms with E-state index in [-0.39, 0.29) is 44.9 Å². The minimum atomic E-state index is -3.92. The van der Waals surface area contributed by atoms with E-state index >= 15 is 0 Å². The fourth-order valence-corrected chi connectivity index (χ4v) is 7.60. The lowest BCUT2D eigenvalue weighted by atomic mass is 10.0. The van der Waals surface area contributed by atoms with Crippen molar-refractivity contribution in [3.8, 4) is 0 Å². The lowest BCUT2D eigenvalue weighted by Crippen LogP contribution is -2.62. The van der Waals surface area contributed by atoms with Gasteiger partial charge in [0, 0.05) is 33.1 Å². The number of nitrogens with zero attached hydrogens (tertiary/aromatic N) is 2. The second-order valence-electron chi connectivity index (χ2n) is 8.77. The van der Waals surface area contributed by atoms with Crippen molar-refractivity contribution in [3.63, 3.8) is 0 Å². The number of rotatable bonds is 8. The van der Waals surface area contributed by atoms with Gasteiger partial charge in [-0.05, 0) is 28.4 Å². The Balaban J connectivity index is 1.73. The van der Waals surface area contributed by atoms with Crippen LogP contribution in [0.5, 0.6) is 0 Å². The Morgan fingerprint density at radius 2 is 1.85 bits per heavy atom. The average Bonchev–Trinajstić information content (AvgIpc) is 3.26. The summed E-state index contributed by atoms with van der Waals surface area (Å²) in [5.74, 6) is -1.32. The molecule has 1 saturated heterocycles. The summed E-state index contributed by atoms with van der Waals surface area (Å²) in [5, 5.41) is 11.8. The molecule has 1 unspecified atom stereocenters. The van der Waals surface area contributed by atoms with Gasteiger partial charge in [0.1, 0.15) is 10.6 Å². The normalized spacial score (nSPS) is 21.4. The van der Waals surface area contributed by atoms with Crippen molar-refractivity contribution in [2.45, 2.75) is 56.7 Å². The Bertz CT molecular complexity index is 1070. The standard InChI is InChI=1S/C23H31N3O6S2/c1-15(2)18-6-4-17(5-7-18)13-24-23(30)20-14-25(16(3)27)10-11-26(20)34(31,32)22-9-8-19(33-22)12-21(28)29/h4-8,15,20,22H,9-14H2,1-3H3,(H,24,30)(H,28,29)/t20-,22?/m1/s1. The highest BCUT2D eigenvalue weighted by molar-refractivity contribution is 8.15. The molecule has 0 spiro atoms. The van der Waals surface area contributed by atoms with Crippen LogP contribution in [0.25, 0.3) is 0 Å². The van der Waals surface area contributed by atoms with Crippen LogP contribution in [0, 0.1) is 0 Å². The van der Waals surface area contributed by atoms with Gasteiger partial charge in [0.05, 0.1) is 6.42 Å². The van der Waals surface area contributed by atoms with Crippen LogP contribution >= 0.6 is 11.8 Å². The lowest BCUT2D eigenvalue weighted by molar-refractivity contribution is -0.136. The molecular formula is C23H31N3O6S2. The first-order valence-corrected chi connectivity index (χ1v) is 13.6. The van der Waals surface area contributed by atoms with Gasteiger partial charge in [-0.1, -0.05) is 44.2 Å². The predicted octanol–water partition coefficient (Wildman–Crippen LogP) is 2.11. The Hall–Kier alpha value is -2.37. The van der Waals surface area contributed by atoms with Gasteiger partial charge >= 0.3 is 5.97 Å². The van der Waals surface area contributed by atoms with E-state index in [9.17, 15) is 22.8 Å². The molecule has 0 aliphatic carbocycles. The van der Waals surface area contributed by atoms with E-state index < -0.39 is 32.5 Å². The molecule has 2 N–H and O–H groups in total. The van der Waals surface area contributed by atoms with E-state index in [4.69, 9.17) is 5.11 Å². The zero-order valence-electron chi connectivity index (χ0n) is 19.6. The van der Waals surface area contributed by atoms with Crippen molar-refractivity contribution < 1.29 is 27.9 Å². The number of hydrogen-bond acceptors (Lipinski definition) is 6. The maximum atomic E-state index is 13.4. The van der Waals surface area contributed by atoms with Crippen LogP contribution in [0.4, 0.5) is 0 Å². The van der Waals surface area contributed by atoms with E-state index in [0.29, 0.717) is 10.8 Å². The molecule has 0 aromatic heterocycles. The van der Waals surface area contributed by atoms with Gasteiger partial charge in [0.2, 0.25) is 21.8 Å². The largest absolute Gasteiger partial charge is 0.481 e. The summed E-state index contributed by atoms with van der Waals surface area (Å²) in [4.78, 5) is 38.1. The number of carboxylic acid groups (broad SMARTS) is 1. The first-order chi connectivity index (χ1) is 16.0. The van der Waals surface area contributed by atoms with Crippen LogP contribution in [0.1, 0.15) is 50.7 Å². The van der Waals surface area contributed by atoms with Gasteiger partial charge in [-0.15, -0.1) is 11.8 Å². The molecular weight excluding hydrogens is 478 g/mol. The third kappa shape index (κ3) is 6.19. The summed E-state index contributed by atoms with van der Waals surface area (Å²) in [7, 11) is -3.92. The highest BCUT2D eigenvalue weighted by atomic mass is 32.3. The summed E-state index contributed by atoms with van der Waals surface area (Å²) in [5.41, 5.74) is 2.07. The van der Waals surface area contributed by atoms with Crippen LogP contribution in [0.3, 0.4) is 0 Å². The molecule has 0 bridgehead atoms. The second-order valence-corrected chi connectivity index (χ2v) is 12.5. The van der Waals surface area contributed by atoms with E-state index in [2.05, 4.69) is 19.2 Å². The molecule has 0 saturated carbocycles. The number of sulfonamides is 1. The first-order valence-electron chi connectivity index (χ1n) is 11.2. The number of nitrogens with one attached hydrogen (secondary N) is 1. The van der Waals surface area contributed by atoms with Crippen molar-refractivity contribution in [2.24, 2.45) is 0 Å². The summed E-state index contributed by atoms with van der Waals surface area (Å²) in [6.45, 7) is 6.00. The number of carbonyl (C=O) groups is 3. The van der Waals surface area contributed by atoms with Gasteiger partial charge in [-0.2, -0.15) is 4.31 Å². The van der Waals surface area contributed by atoms with Crippen LogP contribution in [-0.4, -0.2) is 70.8 Å². The van der Waals surface area contributed by atoms with Gasteiger partial charge in [0.15, 0.2) is 0 Å². The van der Waals surface area contributed by atoms with Crippen LogP contribution in [0.15, 0.2) is 35.2 Å². The number of piperazine rings is 1. The summed E-state index contributed by atoms with van der Waals surface area (Å²) in [6, 6.07) is 6.80. The second kappa shape index (κ2) is 10.9. The average molecular weight is 510 g/mol. The third-order valence-electron chi connectivity index (χ3n) is 6.00. The fraction of sp³-hybridized carbons (Fsp3) is 0.522. The number of carbonyl (C=O) groups excluding carboxylic acids is 2. The Morgan fingerprint density at radius 3 is 2.44 bits per heavy atom. The van der Waals surface area contributed by atoms with Crippen molar-refractivity contribution in [2.75, 3.05) is 19.6 Å². The first kappa shape index (κ1) is 26.2. The van der Waals surface area contributed by atoms with Crippen LogP contribution in [-0.2, 0) is 31.0 Å². The number of aliphatic carboxylic acids is 1. The maximum absolute atomic E-state index is 13.4. The maximum Gasteiger partial charge on any atom is 0.308 e. The summed E-state index contributed by atoms with van der Waals surface area (Å²) in [6.07, 6.45) is 1.58. The highest BCUT2D eigenvalue weighted by Crippen LogP contribution is 2.39. The monoisotopic (exact) mass is 509 g/mol. The highest BCUT2D eigenvalue weighted by Gasteiger charge is 2.44. The topological polar surface area (TPSA) is 124 Å². The van der Waals surface area contributed by atoms with Crippen molar-refractivity contribution in [1.82, 2.24) is 14.5 Å². The van der Waals surface area contributed by atoms with E-state index in [1.807, 2.05) is 24.3 Å². The molecule has 34 heavy (non-hydrogen) atoms. The van der Waals surface area contributed by atoms with Crippen molar-refractivity contribution >= 4 is 39.6 Å². The molecule has 2 atom stereocenters. The van der Waals surface area contributed by atoms with E-state index in [0.717, 1.165) is 17.3 Å². The van der Waals surface area contributed by atoms with E-state index in [1.165, 1.54) is 21.7 Å². The SMILES string of the molecule is CC(=O)N1CCN(S(=O)(=O)C2CC=C(CC(=O)O)S2)[C@@H](C(=O)NCc2ccc(C(C)C)cc2)C1. The van der Waals surface area contributed by atoms with Gasteiger partial charge in [-0.3, -0.25) is 14.4 Å². The van der Waals surface area contributed by atoms with E-state index in [1.54, 1.807) is 6.08 Å². The zero-order chi connectivity index (χ0) is 25.0. The number of carboxylic acids is 1. The molecule has 2 aliphatic rings. The molecule has 11 heteroatoms. The minimum absolute atomic E-state index is 0.00834. The molecule has 0 radical (unpaired) electrons. The molecule has 2 amide bonds. The summed E-state index contributed by atoms with van der Waals surface area (Å²) >= 11 is 1.01. The quantitative estimate of drug-likeness (QED) is 0.550. The summed E-state index contributed by atoms with van der Waals surface area (Å²) < 4.78 is 27.1. The molecule has 9 nitrogen and oxygen atoms in total. The number of amides is 2. The fourth-order valence-electron chi connectivity index (χ4n) is 3.99. The molecule has 3 rings (SSSR count). The minimum Gasteiger partial charge on any atom is -0.481 e. The van der Waals surface area contributed by atoms with Gasteiger partial charge < -0.3 is 15.3 Å². The molecule has 1 aromatic rings. The zero-order valence-corrected chi connectivity index (χ0v) is 21.2. The number of benzene rings is 1. The smallest absolute Gasteiger partial charge is 0.308 e. The third-order valence-corrected chi connectivity index (χ3v) is 10.0. The Morgan fingerprint density at radius 1 is 1.18 bits per heavy atom. The number of hydrogen-bond donors (Lipinski definition) is 2. The van der Waals surface area contributed by atoms with Crippen LogP contribution < -0.4 is 5.32 Å². The van der Waals surface area contributed by atoms with Gasteiger partial charge in [0.25, 0.3) is 0 Å². The van der Waals surface area contributed by atoms with Crippen LogP contribution in [0.2, 0.25) is 0 Å². The Labute approximate surface area is 204 Å². The van der Waals surface area contributed by atoms with Crippen molar-refractivity contribution in [1.29, 1.82) is 0 Å². The molecule has 1 fully saturated rings. The van der Waals surface area contributed by atoms with Gasteiger partial charge in [-0.25, -0.2) is 8.42 Å². The lowest BCUT2D eigenvalue weighted by Gasteiger charge is -2.40.